The highest BCUT2D eigenvalue weighted by atomic mass is 32.2. The van der Waals surface area contributed by atoms with Crippen molar-refractivity contribution < 1.29 is 13.2 Å². The van der Waals surface area contributed by atoms with Crippen LogP contribution in [0.25, 0.3) is 22.2 Å². The number of nitrogens with zero attached hydrogens (tertiary/aromatic N) is 2. The molecule has 0 bridgehead atoms. The number of fused-ring (bicyclic) bond motifs is 2. The third kappa shape index (κ3) is 3.96. The van der Waals surface area contributed by atoms with Gasteiger partial charge in [-0.2, -0.15) is 0 Å². The number of carbonyl (C=O) groups is 1. The van der Waals surface area contributed by atoms with Crippen molar-refractivity contribution in [2.75, 3.05) is 9.62 Å². The second-order valence-corrected chi connectivity index (χ2v) is 9.99. The van der Waals surface area contributed by atoms with Crippen molar-refractivity contribution in [1.29, 1.82) is 0 Å². The van der Waals surface area contributed by atoms with Crippen LogP contribution < -0.4 is 9.62 Å². The second kappa shape index (κ2) is 8.01. The van der Waals surface area contributed by atoms with Crippen LogP contribution in [0.4, 0.5) is 11.4 Å². The second-order valence-electron chi connectivity index (χ2n) is 8.31. The van der Waals surface area contributed by atoms with Crippen molar-refractivity contribution in [3.05, 3.63) is 84.4 Å². The summed E-state index contributed by atoms with van der Waals surface area (Å²) in [7, 11) is -3.80. The van der Waals surface area contributed by atoms with Crippen molar-refractivity contribution in [1.82, 2.24) is 4.98 Å². The van der Waals surface area contributed by atoms with E-state index in [9.17, 15) is 13.2 Å². The van der Waals surface area contributed by atoms with Gasteiger partial charge in [0.1, 0.15) is 0 Å². The number of para-hydroxylation sites is 1. The lowest BCUT2D eigenvalue weighted by Crippen LogP contribution is -2.33. The lowest BCUT2D eigenvalue weighted by Gasteiger charge is -2.20. The van der Waals surface area contributed by atoms with Gasteiger partial charge in [0.05, 0.1) is 16.1 Å². The van der Waals surface area contributed by atoms with Gasteiger partial charge in [0.25, 0.3) is 10.0 Å². The molecule has 2 heterocycles. The number of anilines is 2. The van der Waals surface area contributed by atoms with Gasteiger partial charge in [0, 0.05) is 35.3 Å². The van der Waals surface area contributed by atoms with Crippen molar-refractivity contribution >= 4 is 38.2 Å². The molecule has 5 rings (SSSR count). The maximum Gasteiger partial charge on any atom is 0.261 e. The minimum Gasteiger partial charge on any atom is -0.309 e. The fourth-order valence-electron chi connectivity index (χ4n) is 4.44. The molecule has 1 unspecified atom stereocenters. The fourth-order valence-corrected chi connectivity index (χ4v) is 5.54. The average molecular weight is 458 g/mol. The number of hydrogen-bond acceptors (Lipinski definition) is 4. The molecule has 0 saturated carbocycles. The first-order valence-corrected chi connectivity index (χ1v) is 12.2. The van der Waals surface area contributed by atoms with Gasteiger partial charge in [-0.05, 0) is 61.4 Å². The van der Waals surface area contributed by atoms with Crippen LogP contribution in [0.1, 0.15) is 19.4 Å². The Balaban J connectivity index is 1.44. The van der Waals surface area contributed by atoms with E-state index in [0.717, 1.165) is 33.4 Å². The summed E-state index contributed by atoms with van der Waals surface area (Å²) >= 11 is 0. The molecule has 0 fully saturated rings. The first kappa shape index (κ1) is 21.2. The van der Waals surface area contributed by atoms with E-state index in [2.05, 4.69) is 4.72 Å². The first-order valence-electron chi connectivity index (χ1n) is 10.7. The summed E-state index contributed by atoms with van der Waals surface area (Å²) in [5, 5.41) is 1.05. The van der Waals surface area contributed by atoms with Crippen molar-refractivity contribution in [2.24, 2.45) is 0 Å². The number of rotatable bonds is 4. The standard InChI is InChI=1S/C26H23N3O3S/c1-17-14-21-16-23(11-13-26(21)29(17)18(2)30)33(31,32)28-22-8-5-7-20(15-22)25-12-10-19-6-3-4-9-24(19)27-25/h3-13,15-17,28H,14H2,1-2H3. The van der Waals surface area contributed by atoms with E-state index in [1.807, 2.05) is 49.4 Å². The number of amides is 1. The first-order chi connectivity index (χ1) is 15.8. The smallest absolute Gasteiger partial charge is 0.261 e. The molecule has 1 N–H and O–H groups in total. The Morgan fingerprint density at radius 3 is 2.64 bits per heavy atom. The maximum atomic E-state index is 13.1. The Morgan fingerprint density at radius 2 is 1.82 bits per heavy atom. The van der Waals surface area contributed by atoms with E-state index < -0.39 is 10.0 Å². The Hall–Kier alpha value is -3.71. The lowest BCUT2D eigenvalue weighted by atomic mass is 10.1. The normalized spacial score (nSPS) is 15.5. The van der Waals surface area contributed by atoms with Gasteiger partial charge in [-0.1, -0.05) is 36.4 Å². The molecule has 33 heavy (non-hydrogen) atoms. The van der Waals surface area contributed by atoms with E-state index in [1.54, 1.807) is 41.3 Å². The molecule has 0 radical (unpaired) electrons. The largest absolute Gasteiger partial charge is 0.309 e. The molecule has 0 saturated heterocycles. The number of aromatic nitrogens is 1. The zero-order valence-corrected chi connectivity index (χ0v) is 19.1. The van der Waals surface area contributed by atoms with E-state index in [1.165, 1.54) is 6.92 Å². The molecule has 0 spiro atoms. The quantitative estimate of drug-likeness (QED) is 0.468. The number of hydrogen-bond donors (Lipinski definition) is 1. The van der Waals surface area contributed by atoms with Gasteiger partial charge in [0.15, 0.2) is 0 Å². The molecule has 4 aromatic rings. The third-order valence-electron chi connectivity index (χ3n) is 5.93. The highest BCUT2D eigenvalue weighted by Crippen LogP contribution is 2.34. The van der Waals surface area contributed by atoms with Crippen LogP contribution in [-0.4, -0.2) is 25.4 Å². The third-order valence-corrected chi connectivity index (χ3v) is 7.30. The zero-order chi connectivity index (χ0) is 23.2. The summed E-state index contributed by atoms with van der Waals surface area (Å²) in [6, 6.07) is 23.9. The van der Waals surface area contributed by atoms with E-state index >= 15 is 0 Å². The molecular formula is C26H23N3O3S. The number of benzene rings is 3. The van der Waals surface area contributed by atoms with Crippen LogP contribution in [0.15, 0.2) is 83.8 Å². The molecule has 1 amide bonds. The summed E-state index contributed by atoms with van der Waals surface area (Å²) in [5.74, 6) is -0.0471. The molecule has 1 aromatic heterocycles. The Labute approximate surface area is 192 Å². The van der Waals surface area contributed by atoms with Gasteiger partial charge in [-0.15, -0.1) is 0 Å². The van der Waals surface area contributed by atoms with Crippen LogP contribution in [0.3, 0.4) is 0 Å². The molecule has 1 atom stereocenters. The zero-order valence-electron chi connectivity index (χ0n) is 18.3. The highest BCUT2D eigenvalue weighted by Gasteiger charge is 2.30. The molecule has 1 aliphatic heterocycles. The summed E-state index contributed by atoms with van der Waals surface area (Å²) in [4.78, 5) is 18.5. The minimum absolute atomic E-state index is 0.00884. The van der Waals surface area contributed by atoms with E-state index in [4.69, 9.17) is 4.98 Å². The van der Waals surface area contributed by atoms with Gasteiger partial charge >= 0.3 is 0 Å². The summed E-state index contributed by atoms with van der Waals surface area (Å²) < 4.78 is 28.9. The molecule has 1 aliphatic rings. The van der Waals surface area contributed by atoms with E-state index in [-0.39, 0.29) is 16.8 Å². The van der Waals surface area contributed by atoms with Crippen LogP contribution in [0.5, 0.6) is 0 Å². The van der Waals surface area contributed by atoms with Crippen LogP contribution in [-0.2, 0) is 21.2 Å². The van der Waals surface area contributed by atoms with Crippen LogP contribution in [0.2, 0.25) is 0 Å². The van der Waals surface area contributed by atoms with Crippen molar-refractivity contribution in [3.63, 3.8) is 0 Å². The molecule has 7 heteroatoms. The van der Waals surface area contributed by atoms with Crippen molar-refractivity contribution in [2.45, 2.75) is 31.2 Å². The molecular weight excluding hydrogens is 434 g/mol. The number of nitrogens with one attached hydrogen (secondary N) is 1. The summed E-state index contributed by atoms with van der Waals surface area (Å²) in [5.41, 5.74) is 4.56. The molecule has 0 aliphatic carbocycles. The van der Waals surface area contributed by atoms with Crippen LogP contribution in [0, 0.1) is 0 Å². The lowest BCUT2D eigenvalue weighted by molar-refractivity contribution is -0.116. The SMILES string of the molecule is CC(=O)N1c2ccc(S(=O)(=O)Nc3cccc(-c4ccc5ccccc5n4)c3)cc2CC1C. The number of pyridine rings is 1. The van der Waals surface area contributed by atoms with Crippen molar-refractivity contribution in [3.8, 4) is 11.3 Å². The average Bonchev–Trinajstić information content (AvgIpc) is 3.13. The molecule has 166 valence electrons. The number of sulfonamides is 1. The molecule has 6 nitrogen and oxygen atoms in total. The predicted molar refractivity (Wildman–Crippen MR) is 131 cm³/mol. The van der Waals surface area contributed by atoms with Gasteiger partial charge < -0.3 is 4.90 Å². The monoisotopic (exact) mass is 457 g/mol. The van der Waals surface area contributed by atoms with Gasteiger partial charge in [-0.3, -0.25) is 9.52 Å². The minimum atomic E-state index is -3.80. The fraction of sp³-hybridized carbons (Fsp3) is 0.154. The Bertz CT molecular complexity index is 1500. The summed E-state index contributed by atoms with van der Waals surface area (Å²) in [6.45, 7) is 3.48. The Kier molecular flexibility index (Phi) is 5.13. The summed E-state index contributed by atoms with van der Waals surface area (Å²) in [6.07, 6.45) is 0.626. The number of carbonyl (C=O) groups excluding carboxylic acids is 1. The topological polar surface area (TPSA) is 79.4 Å². The van der Waals surface area contributed by atoms with Gasteiger partial charge in [-0.25, -0.2) is 13.4 Å². The van der Waals surface area contributed by atoms with Crippen LogP contribution >= 0.6 is 0 Å². The maximum absolute atomic E-state index is 13.1. The highest BCUT2D eigenvalue weighted by molar-refractivity contribution is 7.92. The predicted octanol–water partition coefficient (Wildman–Crippen LogP) is 5.00. The van der Waals surface area contributed by atoms with E-state index in [0.29, 0.717) is 12.1 Å². The van der Waals surface area contributed by atoms with Gasteiger partial charge in [0.2, 0.25) is 5.91 Å². The Morgan fingerprint density at radius 1 is 1.00 bits per heavy atom. The molecule has 3 aromatic carbocycles.